The summed E-state index contributed by atoms with van der Waals surface area (Å²) in [6, 6.07) is 66.8. The maximum Gasteiger partial charge on any atom is 0.126 e. The molecule has 4 atom stereocenters. The molecule has 8 aromatic rings. The molecule has 0 aliphatic carbocycles. The van der Waals surface area contributed by atoms with Crippen LogP contribution in [0.15, 0.2) is 211 Å². The first-order valence-corrected chi connectivity index (χ1v) is 29.3. The summed E-state index contributed by atoms with van der Waals surface area (Å²) in [6.45, 7) is 5.68. The van der Waals surface area contributed by atoms with E-state index in [4.69, 9.17) is 53.8 Å². The Hall–Kier alpha value is -7.44. The Morgan fingerprint density at radius 3 is 0.894 bits per heavy atom. The number of hydrogen-bond acceptors (Lipinski definition) is 12. The normalized spacial score (nSPS) is 18.8. The van der Waals surface area contributed by atoms with Crippen LogP contribution in [0.25, 0.3) is 0 Å². The van der Waals surface area contributed by atoms with Crippen LogP contribution < -0.4 is 0 Å². The topological polar surface area (TPSA) is 133 Å². The number of fused-ring (bicyclic) bond motifs is 4. The molecule has 2 heterocycles. The fraction of sp³-hybridized carbons (Fsp3) is 0.278. The zero-order valence-electron chi connectivity index (χ0n) is 47.7. The maximum atomic E-state index is 11.2. The Bertz CT molecular complexity index is 3110. The molecular weight excluding hydrogens is 1140 g/mol. The van der Waals surface area contributed by atoms with Crippen molar-refractivity contribution in [3.63, 3.8) is 0 Å². The predicted octanol–water partition coefficient (Wildman–Crippen LogP) is 13.8. The zero-order chi connectivity index (χ0) is 58.9. The number of hydrogen-bond donors (Lipinski definition) is 2. The van der Waals surface area contributed by atoms with Crippen molar-refractivity contribution in [1.29, 1.82) is 0 Å². The number of benzene rings is 8. The summed E-state index contributed by atoms with van der Waals surface area (Å²) in [5.41, 5.74) is 9.36. The lowest BCUT2D eigenvalue weighted by Gasteiger charge is -2.21. The number of ether oxygens (including phenoxy) is 10. The molecule has 13 heteroatoms. The second-order valence-electron chi connectivity index (χ2n) is 19.7. The molecule has 0 aromatic heterocycles. The lowest BCUT2D eigenvalue weighted by atomic mass is 10.0. The van der Waals surface area contributed by atoms with Gasteiger partial charge in [-0.1, -0.05) is 191 Å². The number of halogens is 1. The van der Waals surface area contributed by atoms with E-state index in [1.807, 2.05) is 206 Å². The van der Waals surface area contributed by atoms with E-state index in [9.17, 15) is 10.2 Å². The SMILES string of the molecule is C#Cc1ccccc1.Oc1c2cc(Br)cc1COC[C@H](c1ccccc1)OCCOCCO[C@@H](c1ccccc1)COC2.Oc1c2cc(C#Cc3ccccc3)cc1COC[C@H](c1ccccc1)OCCOCCO[C@@H](c1ccccc1)COC2. The summed E-state index contributed by atoms with van der Waals surface area (Å²) >= 11 is 3.54. The van der Waals surface area contributed by atoms with E-state index in [-0.39, 0.29) is 62.3 Å². The highest BCUT2D eigenvalue weighted by molar-refractivity contribution is 9.10. The number of rotatable bonds is 4. The van der Waals surface area contributed by atoms with Crippen LogP contribution in [0.1, 0.15) is 85.6 Å². The van der Waals surface area contributed by atoms with Gasteiger partial charge in [-0.25, -0.2) is 0 Å². The first-order valence-electron chi connectivity index (χ1n) is 28.5. The minimum Gasteiger partial charge on any atom is -0.507 e. The Kier molecular flexibility index (Phi) is 27.2. The molecule has 440 valence electrons. The summed E-state index contributed by atoms with van der Waals surface area (Å²) in [5, 5.41) is 22.1. The van der Waals surface area contributed by atoms with Gasteiger partial charge >= 0.3 is 0 Å². The van der Waals surface area contributed by atoms with Crippen LogP contribution in [0.5, 0.6) is 11.5 Å². The van der Waals surface area contributed by atoms with Crippen molar-refractivity contribution in [2.24, 2.45) is 0 Å². The van der Waals surface area contributed by atoms with Crippen LogP contribution >= 0.6 is 15.9 Å². The first kappa shape index (κ1) is 63.6. The second kappa shape index (κ2) is 36.4. The van der Waals surface area contributed by atoms with Gasteiger partial charge in [0.25, 0.3) is 0 Å². The van der Waals surface area contributed by atoms with Crippen molar-refractivity contribution < 1.29 is 57.6 Å². The van der Waals surface area contributed by atoms with Gasteiger partial charge in [0.1, 0.15) is 35.9 Å². The molecule has 2 aliphatic heterocycles. The van der Waals surface area contributed by atoms with Gasteiger partial charge in [-0.3, -0.25) is 0 Å². The number of terminal acetylenes is 1. The summed E-state index contributed by atoms with van der Waals surface area (Å²) < 4.78 is 61.1. The van der Waals surface area contributed by atoms with Crippen molar-refractivity contribution in [1.82, 2.24) is 0 Å². The fourth-order valence-corrected chi connectivity index (χ4v) is 9.68. The second-order valence-corrected chi connectivity index (χ2v) is 20.6. The van der Waals surface area contributed by atoms with Gasteiger partial charge in [0.05, 0.1) is 106 Å². The van der Waals surface area contributed by atoms with E-state index in [1.165, 1.54) is 0 Å². The van der Waals surface area contributed by atoms with E-state index in [1.54, 1.807) is 0 Å². The molecule has 0 fully saturated rings. The van der Waals surface area contributed by atoms with E-state index in [0.717, 1.165) is 43.4 Å². The average Bonchev–Trinajstić information content (AvgIpc) is 3.75. The predicted molar refractivity (Wildman–Crippen MR) is 332 cm³/mol. The molecule has 0 saturated carbocycles. The summed E-state index contributed by atoms with van der Waals surface area (Å²) in [5.74, 6) is 9.29. The maximum absolute atomic E-state index is 11.2. The minimum absolute atomic E-state index is 0.143. The van der Waals surface area contributed by atoms with Crippen molar-refractivity contribution in [3.05, 3.63) is 272 Å². The summed E-state index contributed by atoms with van der Waals surface area (Å²) in [7, 11) is 0. The summed E-state index contributed by atoms with van der Waals surface area (Å²) in [4.78, 5) is 0. The number of phenolic OH excluding ortho intramolecular Hbond substituents is 2. The van der Waals surface area contributed by atoms with Crippen molar-refractivity contribution in [3.8, 4) is 35.7 Å². The molecule has 0 saturated heterocycles. The van der Waals surface area contributed by atoms with Gasteiger partial charge in [0.15, 0.2) is 0 Å². The average molecular weight is 1210 g/mol. The molecule has 0 spiro atoms. The third kappa shape index (κ3) is 21.9. The summed E-state index contributed by atoms with van der Waals surface area (Å²) in [6.07, 6.45) is 4.06. The van der Waals surface area contributed by atoms with Crippen LogP contribution in [-0.4, -0.2) is 89.5 Å². The largest absolute Gasteiger partial charge is 0.507 e. The van der Waals surface area contributed by atoms with Gasteiger partial charge in [-0.2, -0.15) is 0 Å². The molecule has 12 nitrogen and oxygen atoms in total. The zero-order valence-corrected chi connectivity index (χ0v) is 49.3. The van der Waals surface area contributed by atoms with Crippen molar-refractivity contribution in [2.45, 2.75) is 50.8 Å². The van der Waals surface area contributed by atoms with Crippen LogP contribution in [0, 0.1) is 24.2 Å². The molecule has 0 unspecified atom stereocenters. The van der Waals surface area contributed by atoms with E-state index >= 15 is 0 Å². The van der Waals surface area contributed by atoms with Crippen LogP contribution in [0.3, 0.4) is 0 Å². The van der Waals surface area contributed by atoms with E-state index in [2.05, 4.69) is 33.7 Å². The molecule has 0 amide bonds. The number of aromatic hydroxyl groups is 2. The van der Waals surface area contributed by atoms with Gasteiger partial charge < -0.3 is 57.6 Å². The molecule has 8 aromatic carbocycles. The van der Waals surface area contributed by atoms with Gasteiger partial charge in [-0.05, 0) is 70.8 Å². The number of phenols is 2. The van der Waals surface area contributed by atoms with Crippen LogP contribution in [0.4, 0.5) is 0 Å². The minimum atomic E-state index is -0.279. The third-order valence-corrected chi connectivity index (χ3v) is 14.0. The molecule has 85 heavy (non-hydrogen) atoms. The van der Waals surface area contributed by atoms with Crippen molar-refractivity contribution in [2.75, 3.05) is 79.3 Å². The van der Waals surface area contributed by atoms with Crippen LogP contribution in [-0.2, 0) is 73.8 Å². The Labute approximate surface area is 508 Å². The lowest BCUT2D eigenvalue weighted by Crippen LogP contribution is -2.18. The molecule has 0 radical (unpaired) electrons. The lowest BCUT2D eigenvalue weighted by molar-refractivity contribution is -0.0646. The Morgan fingerprint density at radius 2 is 0.600 bits per heavy atom. The molecule has 2 N–H and O–H groups in total. The van der Waals surface area contributed by atoms with Gasteiger partial charge in [0, 0.05) is 43.4 Å². The quantitative estimate of drug-likeness (QED) is 0.163. The standard InChI is InChI=1S/C36H36O6.C28H31BrO6.C8H6/c37-36-32-22-29(17-16-28-10-4-1-5-11-28)23-33(36)25-40-27-35(31-14-8-3-9-15-31)42-21-19-38-18-20-41-34(26-39-24-32)30-12-6-2-7-13-30;29-25-15-23-17-32-19-26(21-7-3-1-4-8-21)34-13-11-31-12-14-35-27(22-9-5-2-6-10-22)20-33-18-24(16-25)28(23)30;1-2-8-6-4-3-5-7-8/h1-15,22-23,34-35,37H,18-21,24-27H2;1-10,15-16,26-27,30H,11-14,17-20H2;1,3-7H/t34-,35-;26-,27-;/m11./s1. The van der Waals surface area contributed by atoms with Gasteiger partial charge in [0.2, 0.25) is 0 Å². The monoisotopic (exact) mass is 1210 g/mol. The van der Waals surface area contributed by atoms with Crippen LogP contribution in [0.2, 0.25) is 0 Å². The van der Waals surface area contributed by atoms with E-state index in [0.29, 0.717) is 102 Å². The molecule has 10 rings (SSSR count). The third-order valence-electron chi connectivity index (χ3n) is 13.5. The van der Waals surface area contributed by atoms with Crippen molar-refractivity contribution >= 4 is 15.9 Å². The Morgan fingerprint density at radius 1 is 0.329 bits per heavy atom. The molecule has 2 aliphatic rings. The highest BCUT2D eigenvalue weighted by Gasteiger charge is 2.20. The highest BCUT2D eigenvalue weighted by Crippen LogP contribution is 2.32. The smallest absolute Gasteiger partial charge is 0.126 e. The highest BCUT2D eigenvalue weighted by atomic mass is 79.9. The first-order chi connectivity index (χ1) is 41.9. The Balaban J connectivity index is 0.000000198. The van der Waals surface area contributed by atoms with Gasteiger partial charge in [-0.15, -0.1) is 6.42 Å². The molecule has 4 bridgehead atoms. The van der Waals surface area contributed by atoms with E-state index < -0.39 is 0 Å². The fourth-order valence-electron chi connectivity index (χ4n) is 9.13. The molecular formula is C72H73BrO12.